The second-order valence-corrected chi connectivity index (χ2v) is 6.94. The van der Waals surface area contributed by atoms with E-state index in [1.165, 1.54) is 11.1 Å². The number of aromatic nitrogens is 2. The van der Waals surface area contributed by atoms with Crippen LogP contribution in [0.1, 0.15) is 38.3 Å². The molecule has 0 aliphatic rings. The Morgan fingerprint density at radius 3 is 2.48 bits per heavy atom. The van der Waals surface area contributed by atoms with Crippen molar-refractivity contribution < 1.29 is 5.11 Å². The van der Waals surface area contributed by atoms with Crippen LogP contribution < -0.4 is 0 Å². The quantitative estimate of drug-likeness (QED) is 0.912. The SMILES string of the molecule is Cc1ccccc1CCC(O)(Cn1ccnc1)C(C)(C)C. The summed E-state index contributed by atoms with van der Waals surface area (Å²) < 4.78 is 1.96. The molecular formula is C18H26N2O. The van der Waals surface area contributed by atoms with Crippen molar-refractivity contribution in [3.63, 3.8) is 0 Å². The van der Waals surface area contributed by atoms with Gasteiger partial charge in [0.15, 0.2) is 0 Å². The average Bonchev–Trinajstić information content (AvgIpc) is 2.89. The summed E-state index contributed by atoms with van der Waals surface area (Å²) in [4.78, 5) is 4.07. The lowest BCUT2D eigenvalue weighted by molar-refractivity contribution is -0.0774. The summed E-state index contributed by atoms with van der Waals surface area (Å²) in [5.74, 6) is 0. The predicted octanol–water partition coefficient (Wildman–Crippen LogP) is 3.60. The first-order chi connectivity index (χ1) is 9.82. The van der Waals surface area contributed by atoms with E-state index < -0.39 is 5.60 Å². The van der Waals surface area contributed by atoms with Gasteiger partial charge in [-0.1, -0.05) is 45.0 Å². The van der Waals surface area contributed by atoms with Crippen molar-refractivity contribution in [1.82, 2.24) is 9.55 Å². The molecule has 0 fully saturated rings. The molecule has 1 atom stereocenters. The predicted molar refractivity (Wildman–Crippen MR) is 86.1 cm³/mol. The molecule has 0 saturated heterocycles. The minimum absolute atomic E-state index is 0.194. The van der Waals surface area contributed by atoms with Crippen molar-refractivity contribution in [1.29, 1.82) is 0 Å². The number of imidazole rings is 1. The van der Waals surface area contributed by atoms with Gasteiger partial charge >= 0.3 is 0 Å². The van der Waals surface area contributed by atoms with Gasteiger partial charge in [-0.15, -0.1) is 0 Å². The lowest BCUT2D eigenvalue weighted by Crippen LogP contribution is -2.46. The highest BCUT2D eigenvalue weighted by atomic mass is 16.3. The second kappa shape index (κ2) is 6.02. The maximum atomic E-state index is 11.2. The molecule has 1 aromatic carbocycles. The molecule has 0 amide bonds. The second-order valence-electron chi connectivity index (χ2n) is 6.94. The van der Waals surface area contributed by atoms with Gasteiger partial charge in [0, 0.05) is 12.4 Å². The van der Waals surface area contributed by atoms with Crippen LogP contribution in [0.2, 0.25) is 0 Å². The topological polar surface area (TPSA) is 38.0 Å². The zero-order valence-corrected chi connectivity index (χ0v) is 13.5. The third-order valence-corrected chi connectivity index (χ3v) is 4.47. The van der Waals surface area contributed by atoms with Gasteiger partial charge < -0.3 is 9.67 Å². The molecule has 114 valence electrons. The van der Waals surface area contributed by atoms with Crippen molar-refractivity contribution in [3.05, 3.63) is 54.1 Å². The minimum atomic E-state index is -0.768. The summed E-state index contributed by atoms with van der Waals surface area (Å²) in [5.41, 5.74) is 1.64. The first kappa shape index (κ1) is 15.8. The van der Waals surface area contributed by atoms with Gasteiger partial charge in [-0.05, 0) is 36.3 Å². The number of aryl methyl sites for hydroxylation is 2. The van der Waals surface area contributed by atoms with E-state index in [4.69, 9.17) is 0 Å². The highest BCUT2D eigenvalue weighted by Crippen LogP contribution is 2.36. The van der Waals surface area contributed by atoms with Crippen molar-refractivity contribution in [2.24, 2.45) is 5.41 Å². The van der Waals surface area contributed by atoms with Crippen LogP contribution in [0.15, 0.2) is 43.0 Å². The lowest BCUT2D eigenvalue weighted by Gasteiger charge is -2.41. The Morgan fingerprint density at radius 1 is 1.19 bits per heavy atom. The molecule has 1 aromatic heterocycles. The molecule has 2 rings (SSSR count). The standard InChI is InChI=1S/C18H26N2O/c1-15-7-5-6-8-16(15)9-10-18(21,17(2,3)4)13-20-12-11-19-14-20/h5-8,11-12,14,21H,9-10,13H2,1-4H3. The zero-order valence-electron chi connectivity index (χ0n) is 13.5. The molecule has 21 heavy (non-hydrogen) atoms. The number of benzene rings is 1. The number of hydrogen-bond acceptors (Lipinski definition) is 2. The summed E-state index contributed by atoms with van der Waals surface area (Å²) in [6.07, 6.45) is 7.05. The maximum absolute atomic E-state index is 11.2. The van der Waals surface area contributed by atoms with Gasteiger partial charge in [0.1, 0.15) is 0 Å². The van der Waals surface area contributed by atoms with Crippen LogP contribution in [0, 0.1) is 12.3 Å². The van der Waals surface area contributed by atoms with Crippen LogP contribution in [-0.4, -0.2) is 20.3 Å². The summed E-state index contributed by atoms with van der Waals surface area (Å²) in [6, 6.07) is 8.39. The molecule has 2 aromatic rings. The molecule has 0 spiro atoms. The molecule has 1 heterocycles. The Kier molecular flexibility index (Phi) is 4.52. The van der Waals surface area contributed by atoms with E-state index in [2.05, 4.69) is 56.9 Å². The summed E-state index contributed by atoms with van der Waals surface area (Å²) >= 11 is 0. The number of nitrogens with zero attached hydrogens (tertiary/aromatic N) is 2. The number of aliphatic hydroxyl groups is 1. The molecule has 1 unspecified atom stereocenters. The Labute approximate surface area is 127 Å². The highest BCUT2D eigenvalue weighted by Gasteiger charge is 2.39. The fourth-order valence-electron chi connectivity index (χ4n) is 2.61. The van der Waals surface area contributed by atoms with Crippen molar-refractivity contribution in [2.75, 3.05) is 0 Å². The molecule has 0 saturated carbocycles. The van der Waals surface area contributed by atoms with E-state index in [0.29, 0.717) is 6.54 Å². The summed E-state index contributed by atoms with van der Waals surface area (Å²) in [6.45, 7) is 9.00. The Bertz CT molecular complexity index is 569. The van der Waals surface area contributed by atoms with Gasteiger partial charge in [0.05, 0.1) is 18.5 Å². The van der Waals surface area contributed by atoms with Gasteiger partial charge in [0.2, 0.25) is 0 Å². The van der Waals surface area contributed by atoms with E-state index in [9.17, 15) is 5.11 Å². The molecule has 0 aliphatic heterocycles. The molecular weight excluding hydrogens is 260 g/mol. The Balaban J connectivity index is 2.15. The van der Waals surface area contributed by atoms with Crippen LogP contribution in [-0.2, 0) is 13.0 Å². The normalized spacial score (nSPS) is 14.9. The largest absolute Gasteiger partial charge is 0.387 e. The van der Waals surface area contributed by atoms with Crippen molar-refractivity contribution in [3.8, 4) is 0 Å². The molecule has 0 aliphatic carbocycles. The average molecular weight is 286 g/mol. The van der Waals surface area contributed by atoms with E-state index in [-0.39, 0.29) is 5.41 Å². The van der Waals surface area contributed by atoms with Gasteiger partial charge in [-0.3, -0.25) is 0 Å². The van der Waals surface area contributed by atoms with E-state index in [1.54, 1.807) is 12.5 Å². The van der Waals surface area contributed by atoms with Crippen LogP contribution >= 0.6 is 0 Å². The summed E-state index contributed by atoms with van der Waals surface area (Å²) in [7, 11) is 0. The molecule has 0 bridgehead atoms. The van der Waals surface area contributed by atoms with Gasteiger partial charge in [-0.25, -0.2) is 4.98 Å². The molecule has 3 heteroatoms. The fourth-order valence-corrected chi connectivity index (χ4v) is 2.61. The molecule has 3 nitrogen and oxygen atoms in total. The van der Waals surface area contributed by atoms with Crippen molar-refractivity contribution >= 4 is 0 Å². The van der Waals surface area contributed by atoms with Gasteiger partial charge in [-0.2, -0.15) is 0 Å². The van der Waals surface area contributed by atoms with E-state index >= 15 is 0 Å². The Morgan fingerprint density at radius 2 is 1.90 bits per heavy atom. The van der Waals surface area contributed by atoms with E-state index in [1.807, 2.05) is 10.8 Å². The third-order valence-electron chi connectivity index (χ3n) is 4.47. The maximum Gasteiger partial charge on any atom is 0.0946 e. The molecule has 1 N–H and O–H groups in total. The smallest absolute Gasteiger partial charge is 0.0946 e. The van der Waals surface area contributed by atoms with Crippen LogP contribution in [0.25, 0.3) is 0 Å². The molecule has 0 radical (unpaired) electrons. The van der Waals surface area contributed by atoms with E-state index in [0.717, 1.165) is 12.8 Å². The lowest BCUT2D eigenvalue weighted by atomic mass is 9.73. The van der Waals surface area contributed by atoms with Crippen molar-refractivity contribution in [2.45, 2.75) is 52.7 Å². The zero-order chi connectivity index (χ0) is 15.5. The highest BCUT2D eigenvalue weighted by molar-refractivity contribution is 5.25. The Hall–Kier alpha value is -1.61. The first-order valence-electron chi connectivity index (χ1n) is 7.54. The van der Waals surface area contributed by atoms with Crippen LogP contribution in [0.3, 0.4) is 0 Å². The van der Waals surface area contributed by atoms with Crippen LogP contribution in [0.4, 0.5) is 0 Å². The minimum Gasteiger partial charge on any atom is -0.387 e. The monoisotopic (exact) mass is 286 g/mol. The first-order valence-corrected chi connectivity index (χ1v) is 7.54. The summed E-state index contributed by atoms with van der Waals surface area (Å²) in [5, 5.41) is 11.2. The fraction of sp³-hybridized carbons (Fsp3) is 0.500. The van der Waals surface area contributed by atoms with Crippen LogP contribution in [0.5, 0.6) is 0 Å². The number of rotatable bonds is 5. The number of hydrogen-bond donors (Lipinski definition) is 1. The van der Waals surface area contributed by atoms with Gasteiger partial charge in [0.25, 0.3) is 0 Å². The third kappa shape index (κ3) is 3.73.